The van der Waals surface area contributed by atoms with Crippen LogP contribution in [0.3, 0.4) is 0 Å². The smallest absolute Gasteiger partial charge is 0.307 e. The molecule has 0 aliphatic carbocycles. The number of ether oxygens (including phenoxy) is 1. The van der Waals surface area contributed by atoms with Gasteiger partial charge in [0.1, 0.15) is 12.4 Å². The van der Waals surface area contributed by atoms with E-state index in [9.17, 15) is 9.18 Å². The molecule has 1 N–H and O–H groups in total. The Morgan fingerprint density at radius 1 is 1.53 bits per heavy atom. The second kappa shape index (κ2) is 6.14. The molecule has 0 aromatic heterocycles. The van der Waals surface area contributed by atoms with Gasteiger partial charge in [-0.05, 0) is 24.7 Å². The lowest BCUT2D eigenvalue weighted by Crippen LogP contribution is -2.14. The summed E-state index contributed by atoms with van der Waals surface area (Å²) >= 11 is 0. The van der Waals surface area contributed by atoms with Gasteiger partial charge in [0.05, 0.1) is 6.42 Å². The standard InChI is InChI=1S/C11H14FNO2/c1-13-6-5-11(14)15-8-9-3-2-4-10(12)7-9/h2-4,7,13H,5-6,8H2,1H3. The van der Waals surface area contributed by atoms with Gasteiger partial charge in [0.15, 0.2) is 0 Å². The van der Waals surface area contributed by atoms with E-state index in [0.717, 1.165) is 0 Å². The first-order valence-electron chi connectivity index (χ1n) is 4.77. The van der Waals surface area contributed by atoms with Gasteiger partial charge in [0.2, 0.25) is 0 Å². The normalized spacial score (nSPS) is 10.0. The van der Waals surface area contributed by atoms with Gasteiger partial charge >= 0.3 is 5.97 Å². The van der Waals surface area contributed by atoms with E-state index in [-0.39, 0.29) is 18.4 Å². The summed E-state index contributed by atoms with van der Waals surface area (Å²) in [4.78, 5) is 11.1. The maximum Gasteiger partial charge on any atom is 0.307 e. The van der Waals surface area contributed by atoms with E-state index in [1.165, 1.54) is 12.1 Å². The van der Waals surface area contributed by atoms with Gasteiger partial charge in [-0.3, -0.25) is 4.79 Å². The Labute approximate surface area is 88.2 Å². The van der Waals surface area contributed by atoms with Crippen molar-refractivity contribution in [2.45, 2.75) is 13.0 Å². The third-order valence-corrected chi connectivity index (χ3v) is 1.87. The Bertz CT molecular complexity index is 328. The zero-order valence-corrected chi connectivity index (χ0v) is 8.63. The van der Waals surface area contributed by atoms with E-state index in [2.05, 4.69) is 5.32 Å². The van der Waals surface area contributed by atoms with Crippen LogP contribution in [-0.2, 0) is 16.1 Å². The highest BCUT2D eigenvalue weighted by Crippen LogP contribution is 2.05. The van der Waals surface area contributed by atoms with Crippen molar-refractivity contribution < 1.29 is 13.9 Å². The molecule has 0 heterocycles. The summed E-state index contributed by atoms with van der Waals surface area (Å²) in [7, 11) is 1.76. The molecule has 0 fully saturated rings. The number of nitrogens with one attached hydrogen (secondary N) is 1. The molecule has 3 nitrogen and oxygen atoms in total. The van der Waals surface area contributed by atoms with Crippen molar-refractivity contribution in [3.63, 3.8) is 0 Å². The third kappa shape index (κ3) is 4.56. The highest BCUT2D eigenvalue weighted by atomic mass is 19.1. The fraction of sp³-hybridized carbons (Fsp3) is 0.364. The van der Waals surface area contributed by atoms with Gasteiger partial charge in [-0.25, -0.2) is 4.39 Å². The minimum atomic E-state index is -0.321. The molecule has 0 aliphatic heterocycles. The molecule has 0 aliphatic rings. The SMILES string of the molecule is CNCCC(=O)OCc1cccc(F)c1. The van der Waals surface area contributed by atoms with Gasteiger partial charge in [-0.2, -0.15) is 0 Å². The Balaban J connectivity index is 2.33. The molecule has 0 bridgehead atoms. The summed E-state index contributed by atoms with van der Waals surface area (Å²) < 4.78 is 17.7. The topological polar surface area (TPSA) is 38.3 Å². The summed E-state index contributed by atoms with van der Waals surface area (Å²) in [6.07, 6.45) is 0.325. The molecular weight excluding hydrogens is 197 g/mol. The number of esters is 1. The Kier molecular flexibility index (Phi) is 4.77. The quantitative estimate of drug-likeness (QED) is 0.750. The summed E-state index contributed by atoms with van der Waals surface area (Å²) in [5.74, 6) is -0.604. The lowest BCUT2D eigenvalue weighted by molar-refractivity contribution is -0.144. The molecule has 0 unspecified atom stereocenters. The molecule has 15 heavy (non-hydrogen) atoms. The predicted octanol–water partition coefficient (Wildman–Crippen LogP) is 1.48. The highest BCUT2D eigenvalue weighted by Gasteiger charge is 2.02. The summed E-state index contributed by atoms with van der Waals surface area (Å²) in [6.45, 7) is 0.711. The van der Waals surface area contributed by atoms with E-state index in [4.69, 9.17) is 4.74 Å². The van der Waals surface area contributed by atoms with Crippen molar-refractivity contribution >= 4 is 5.97 Å². The van der Waals surface area contributed by atoms with Crippen molar-refractivity contribution in [2.75, 3.05) is 13.6 Å². The Hall–Kier alpha value is -1.42. The fourth-order valence-corrected chi connectivity index (χ4v) is 1.09. The molecule has 0 saturated heterocycles. The van der Waals surface area contributed by atoms with Gasteiger partial charge in [0.25, 0.3) is 0 Å². The molecule has 0 spiro atoms. The van der Waals surface area contributed by atoms with Gasteiger partial charge in [0, 0.05) is 6.54 Å². The van der Waals surface area contributed by atoms with E-state index < -0.39 is 0 Å². The van der Waals surface area contributed by atoms with Crippen LogP contribution >= 0.6 is 0 Å². The predicted molar refractivity (Wildman–Crippen MR) is 54.7 cm³/mol. The number of rotatable bonds is 5. The maximum atomic E-state index is 12.7. The van der Waals surface area contributed by atoms with E-state index >= 15 is 0 Å². The van der Waals surface area contributed by atoms with Crippen LogP contribution in [-0.4, -0.2) is 19.6 Å². The van der Waals surface area contributed by atoms with Crippen LogP contribution in [0.15, 0.2) is 24.3 Å². The highest BCUT2D eigenvalue weighted by molar-refractivity contribution is 5.69. The molecule has 1 rings (SSSR count). The zero-order valence-electron chi connectivity index (χ0n) is 8.63. The lowest BCUT2D eigenvalue weighted by atomic mass is 10.2. The fourth-order valence-electron chi connectivity index (χ4n) is 1.09. The van der Waals surface area contributed by atoms with Crippen LogP contribution in [0.5, 0.6) is 0 Å². The van der Waals surface area contributed by atoms with Crippen LogP contribution in [0.25, 0.3) is 0 Å². The number of halogens is 1. The second-order valence-electron chi connectivity index (χ2n) is 3.14. The van der Waals surface area contributed by atoms with Crippen LogP contribution < -0.4 is 5.32 Å². The van der Waals surface area contributed by atoms with Gasteiger partial charge in [-0.1, -0.05) is 12.1 Å². The molecule has 0 amide bonds. The number of carbonyl (C=O) groups is 1. The monoisotopic (exact) mass is 211 g/mol. The van der Waals surface area contributed by atoms with Crippen molar-refractivity contribution in [3.05, 3.63) is 35.6 Å². The largest absolute Gasteiger partial charge is 0.461 e. The zero-order chi connectivity index (χ0) is 11.1. The molecule has 82 valence electrons. The average molecular weight is 211 g/mol. The van der Waals surface area contributed by atoms with Crippen LogP contribution in [0, 0.1) is 5.82 Å². The number of benzene rings is 1. The maximum absolute atomic E-state index is 12.7. The summed E-state index contributed by atoms with van der Waals surface area (Å²) in [6, 6.07) is 6.01. The van der Waals surface area contributed by atoms with Crippen molar-refractivity contribution in [1.29, 1.82) is 0 Å². The summed E-state index contributed by atoms with van der Waals surface area (Å²) in [5, 5.41) is 2.85. The first-order valence-corrected chi connectivity index (χ1v) is 4.77. The minimum Gasteiger partial charge on any atom is -0.461 e. The van der Waals surface area contributed by atoms with Crippen molar-refractivity contribution in [2.24, 2.45) is 0 Å². The van der Waals surface area contributed by atoms with E-state index in [1.54, 1.807) is 19.2 Å². The van der Waals surface area contributed by atoms with Gasteiger partial charge < -0.3 is 10.1 Å². The van der Waals surface area contributed by atoms with Crippen LogP contribution in [0.1, 0.15) is 12.0 Å². The van der Waals surface area contributed by atoms with Crippen LogP contribution in [0.4, 0.5) is 4.39 Å². The number of carbonyl (C=O) groups excluding carboxylic acids is 1. The first kappa shape index (κ1) is 11.7. The number of hydrogen-bond donors (Lipinski definition) is 1. The minimum absolute atomic E-state index is 0.125. The molecule has 1 aromatic carbocycles. The van der Waals surface area contributed by atoms with Gasteiger partial charge in [-0.15, -0.1) is 0 Å². The van der Waals surface area contributed by atoms with E-state index in [0.29, 0.717) is 18.5 Å². The van der Waals surface area contributed by atoms with Crippen LogP contribution in [0.2, 0.25) is 0 Å². The lowest BCUT2D eigenvalue weighted by Gasteiger charge is -2.04. The molecular formula is C11H14FNO2. The summed E-state index contributed by atoms with van der Waals surface area (Å²) in [5.41, 5.74) is 0.660. The Morgan fingerprint density at radius 2 is 2.33 bits per heavy atom. The first-order chi connectivity index (χ1) is 7.22. The Morgan fingerprint density at radius 3 is 3.00 bits per heavy atom. The molecule has 1 aromatic rings. The second-order valence-corrected chi connectivity index (χ2v) is 3.14. The van der Waals surface area contributed by atoms with E-state index in [1.807, 2.05) is 0 Å². The molecule has 0 atom stereocenters. The average Bonchev–Trinajstić information content (AvgIpc) is 2.23. The molecule has 4 heteroatoms. The molecule has 0 saturated carbocycles. The molecule has 0 radical (unpaired) electrons. The third-order valence-electron chi connectivity index (χ3n) is 1.87. The number of hydrogen-bond acceptors (Lipinski definition) is 3. The van der Waals surface area contributed by atoms with Crippen molar-refractivity contribution in [1.82, 2.24) is 5.32 Å². The van der Waals surface area contributed by atoms with Crippen molar-refractivity contribution in [3.8, 4) is 0 Å².